The van der Waals surface area contributed by atoms with Crippen molar-refractivity contribution in [3.05, 3.63) is 12.7 Å². The summed E-state index contributed by atoms with van der Waals surface area (Å²) in [5, 5.41) is 8.94. The van der Waals surface area contributed by atoms with Gasteiger partial charge in [-0.3, -0.25) is 4.90 Å². The number of aliphatic hydroxyl groups excluding tert-OH is 1. The van der Waals surface area contributed by atoms with E-state index in [-0.39, 0.29) is 6.61 Å². The number of rotatable bonds is 6. The van der Waals surface area contributed by atoms with Gasteiger partial charge in [0.05, 0.1) is 6.61 Å². The summed E-state index contributed by atoms with van der Waals surface area (Å²) in [5.41, 5.74) is 5.88. The van der Waals surface area contributed by atoms with E-state index in [4.69, 9.17) is 10.8 Å². The SMILES string of the molecule is C=CCN(CCO)CC1CCC(N)CC1. The highest BCUT2D eigenvalue weighted by Crippen LogP contribution is 2.23. The van der Waals surface area contributed by atoms with Crippen molar-refractivity contribution in [1.29, 1.82) is 0 Å². The van der Waals surface area contributed by atoms with Crippen molar-refractivity contribution in [3.63, 3.8) is 0 Å². The number of nitrogens with two attached hydrogens (primary N) is 1. The first-order valence-corrected chi connectivity index (χ1v) is 5.96. The topological polar surface area (TPSA) is 49.5 Å². The summed E-state index contributed by atoms with van der Waals surface area (Å²) in [6.45, 7) is 6.70. The van der Waals surface area contributed by atoms with Crippen LogP contribution >= 0.6 is 0 Å². The highest BCUT2D eigenvalue weighted by molar-refractivity contribution is 4.79. The Labute approximate surface area is 93.0 Å². The number of hydrogen-bond donors (Lipinski definition) is 2. The Morgan fingerprint density at radius 3 is 2.53 bits per heavy atom. The highest BCUT2D eigenvalue weighted by atomic mass is 16.3. The van der Waals surface area contributed by atoms with Gasteiger partial charge >= 0.3 is 0 Å². The molecule has 0 amide bonds. The molecular weight excluding hydrogens is 188 g/mol. The minimum absolute atomic E-state index is 0.236. The summed E-state index contributed by atoms with van der Waals surface area (Å²) in [6.07, 6.45) is 6.70. The van der Waals surface area contributed by atoms with Crippen LogP contribution in [-0.2, 0) is 0 Å². The predicted octanol–water partition coefficient (Wildman–Crippen LogP) is 0.984. The maximum atomic E-state index is 8.94. The number of aliphatic hydroxyl groups is 1. The van der Waals surface area contributed by atoms with E-state index in [2.05, 4.69) is 11.5 Å². The second-order valence-electron chi connectivity index (χ2n) is 4.55. The molecule has 3 nitrogen and oxygen atoms in total. The Morgan fingerprint density at radius 2 is 2.00 bits per heavy atom. The standard InChI is InChI=1S/C12H24N2O/c1-2-7-14(8-9-15)10-11-3-5-12(13)6-4-11/h2,11-12,15H,1,3-10,13H2. The largest absolute Gasteiger partial charge is 0.395 e. The quantitative estimate of drug-likeness (QED) is 0.645. The van der Waals surface area contributed by atoms with E-state index in [1.807, 2.05) is 6.08 Å². The van der Waals surface area contributed by atoms with Gasteiger partial charge in [0.25, 0.3) is 0 Å². The Balaban J connectivity index is 2.27. The van der Waals surface area contributed by atoms with Crippen LogP contribution in [-0.4, -0.2) is 42.3 Å². The molecule has 0 saturated heterocycles. The third-order valence-corrected chi connectivity index (χ3v) is 3.21. The van der Waals surface area contributed by atoms with E-state index < -0.39 is 0 Å². The predicted molar refractivity (Wildman–Crippen MR) is 63.7 cm³/mol. The molecule has 0 radical (unpaired) electrons. The lowest BCUT2D eigenvalue weighted by Gasteiger charge is -2.30. The van der Waals surface area contributed by atoms with Crippen molar-refractivity contribution in [2.24, 2.45) is 11.7 Å². The van der Waals surface area contributed by atoms with E-state index >= 15 is 0 Å². The van der Waals surface area contributed by atoms with Crippen LogP contribution in [0.5, 0.6) is 0 Å². The monoisotopic (exact) mass is 212 g/mol. The van der Waals surface area contributed by atoms with Gasteiger partial charge in [-0.05, 0) is 31.6 Å². The molecule has 3 heteroatoms. The first-order chi connectivity index (χ1) is 7.26. The van der Waals surface area contributed by atoms with Crippen molar-refractivity contribution in [2.75, 3.05) is 26.2 Å². The summed E-state index contributed by atoms with van der Waals surface area (Å²) in [7, 11) is 0. The number of hydrogen-bond acceptors (Lipinski definition) is 3. The molecule has 0 atom stereocenters. The van der Waals surface area contributed by atoms with Crippen LogP contribution in [0.2, 0.25) is 0 Å². The first-order valence-electron chi connectivity index (χ1n) is 5.96. The number of nitrogens with zero attached hydrogens (tertiary/aromatic N) is 1. The molecule has 0 spiro atoms. The van der Waals surface area contributed by atoms with Crippen LogP contribution in [0.15, 0.2) is 12.7 Å². The third-order valence-electron chi connectivity index (χ3n) is 3.21. The Morgan fingerprint density at radius 1 is 1.33 bits per heavy atom. The fraction of sp³-hybridized carbons (Fsp3) is 0.833. The van der Waals surface area contributed by atoms with Crippen LogP contribution in [0, 0.1) is 5.92 Å². The summed E-state index contributed by atoms with van der Waals surface area (Å²) < 4.78 is 0. The van der Waals surface area contributed by atoms with Gasteiger partial charge in [0.15, 0.2) is 0 Å². The van der Waals surface area contributed by atoms with Crippen LogP contribution in [0.1, 0.15) is 25.7 Å². The Bertz CT molecular complexity index is 176. The summed E-state index contributed by atoms with van der Waals surface area (Å²) in [6, 6.07) is 0.423. The summed E-state index contributed by atoms with van der Waals surface area (Å²) in [5.74, 6) is 0.760. The van der Waals surface area contributed by atoms with E-state index in [1.54, 1.807) is 0 Å². The summed E-state index contributed by atoms with van der Waals surface area (Å²) in [4.78, 5) is 2.27. The molecule has 0 heterocycles. The lowest BCUT2D eigenvalue weighted by Crippen LogP contribution is -2.36. The Hall–Kier alpha value is -0.380. The molecule has 0 aromatic heterocycles. The van der Waals surface area contributed by atoms with Crippen LogP contribution in [0.4, 0.5) is 0 Å². The van der Waals surface area contributed by atoms with Gasteiger partial charge < -0.3 is 10.8 Å². The van der Waals surface area contributed by atoms with Crippen molar-refractivity contribution in [3.8, 4) is 0 Å². The van der Waals surface area contributed by atoms with Crippen molar-refractivity contribution >= 4 is 0 Å². The van der Waals surface area contributed by atoms with Crippen molar-refractivity contribution in [2.45, 2.75) is 31.7 Å². The smallest absolute Gasteiger partial charge is 0.0558 e. The van der Waals surface area contributed by atoms with Gasteiger partial charge in [-0.25, -0.2) is 0 Å². The average molecular weight is 212 g/mol. The zero-order valence-corrected chi connectivity index (χ0v) is 9.57. The van der Waals surface area contributed by atoms with E-state index in [0.717, 1.165) is 38.4 Å². The maximum absolute atomic E-state index is 8.94. The van der Waals surface area contributed by atoms with E-state index in [1.165, 1.54) is 12.8 Å². The molecule has 0 aromatic carbocycles. The highest BCUT2D eigenvalue weighted by Gasteiger charge is 2.20. The fourth-order valence-corrected chi connectivity index (χ4v) is 2.32. The molecule has 0 unspecified atom stereocenters. The Kier molecular flexibility index (Phi) is 5.91. The first kappa shape index (κ1) is 12.7. The molecule has 0 aliphatic heterocycles. The molecule has 15 heavy (non-hydrogen) atoms. The maximum Gasteiger partial charge on any atom is 0.0558 e. The lowest BCUT2D eigenvalue weighted by atomic mass is 9.86. The second kappa shape index (κ2) is 6.99. The van der Waals surface area contributed by atoms with E-state index in [9.17, 15) is 0 Å². The zero-order valence-electron chi connectivity index (χ0n) is 9.57. The van der Waals surface area contributed by atoms with Crippen molar-refractivity contribution in [1.82, 2.24) is 4.90 Å². The molecular formula is C12H24N2O. The molecule has 0 aromatic rings. The van der Waals surface area contributed by atoms with Crippen LogP contribution in [0.3, 0.4) is 0 Å². The van der Waals surface area contributed by atoms with Gasteiger partial charge in [0, 0.05) is 25.7 Å². The van der Waals surface area contributed by atoms with Gasteiger partial charge in [-0.15, -0.1) is 6.58 Å². The van der Waals surface area contributed by atoms with E-state index in [0.29, 0.717) is 6.04 Å². The molecule has 1 fully saturated rings. The molecule has 0 bridgehead atoms. The van der Waals surface area contributed by atoms with Gasteiger partial charge in [0.1, 0.15) is 0 Å². The lowest BCUT2D eigenvalue weighted by molar-refractivity contribution is 0.169. The van der Waals surface area contributed by atoms with Gasteiger partial charge in [-0.1, -0.05) is 6.08 Å². The minimum atomic E-state index is 0.236. The van der Waals surface area contributed by atoms with Crippen LogP contribution < -0.4 is 5.73 Å². The summed E-state index contributed by atoms with van der Waals surface area (Å²) >= 11 is 0. The molecule has 1 saturated carbocycles. The third kappa shape index (κ3) is 4.78. The average Bonchev–Trinajstić information content (AvgIpc) is 2.22. The molecule has 3 N–H and O–H groups in total. The molecule has 1 aliphatic carbocycles. The zero-order chi connectivity index (χ0) is 11.1. The van der Waals surface area contributed by atoms with Crippen molar-refractivity contribution < 1.29 is 5.11 Å². The molecule has 1 rings (SSSR count). The van der Waals surface area contributed by atoms with Gasteiger partial charge in [-0.2, -0.15) is 0 Å². The minimum Gasteiger partial charge on any atom is -0.395 e. The fourth-order valence-electron chi connectivity index (χ4n) is 2.32. The second-order valence-corrected chi connectivity index (χ2v) is 4.55. The molecule has 88 valence electrons. The normalized spacial score (nSPS) is 26.9. The van der Waals surface area contributed by atoms with Crippen LogP contribution in [0.25, 0.3) is 0 Å². The molecule has 1 aliphatic rings. The van der Waals surface area contributed by atoms with Gasteiger partial charge in [0.2, 0.25) is 0 Å².